The van der Waals surface area contributed by atoms with Crippen molar-refractivity contribution in [3.63, 3.8) is 0 Å². The zero-order chi connectivity index (χ0) is 30.7. The fraction of sp³-hybridized carbons (Fsp3) is 0.367. The molecule has 3 aromatic rings. The first-order chi connectivity index (χ1) is 19.8. The number of nitriles is 1. The molecule has 0 bridgehead atoms. The minimum absolute atomic E-state index is 0.216. The number of ether oxygens (including phenoxy) is 2. The Labute approximate surface area is 251 Å². The van der Waals surface area contributed by atoms with Crippen LogP contribution < -0.4 is 14.9 Å². The Hall–Kier alpha value is -4.30. The predicted molar refractivity (Wildman–Crippen MR) is 164 cm³/mol. The predicted octanol–water partition coefficient (Wildman–Crippen LogP) is 5.56. The van der Waals surface area contributed by atoms with E-state index in [1.54, 1.807) is 43.6 Å². The lowest BCUT2D eigenvalue weighted by Gasteiger charge is -2.24. The molecular weight excluding hydrogens is 555 g/mol. The van der Waals surface area contributed by atoms with Crippen LogP contribution in [0.15, 0.2) is 42.6 Å². The molecule has 1 aromatic heterocycles. The molecule has 2 aromatic carbocycles. The molecule has 0 saturated carbocycles. The number of fused-ring (bicyclic) bond motifs is 1. The highest BCUT2D eigenvalue weighted by atomic mass is 35.5. The van der Waals surface area contributed by atoms with Crippen molar-refractivity contribution in [1.29, 1.82) is 5.26 Å². The molecular formula is C30H33BClN6O4. The number of anilines is 3. The van der Waals surface area contributed by atoms with Crippen molar-refractivity contribution in [2.45, 2.75) is 45.6 Å². The number of nitrogens with zero attached hydrogens (tertiary/aromatic N) is 5. The number of benzene rings is 2. The zero-order valence-electron chi connectivity index (χ0n) is 24.6. The number of amides is 1. The van der Waals surface area contributed by atoms with E-state index in [1.165, 1.54) is 12.3 Å². The first-order valence-electron chi connectivity index (χ1n) is 13.4. The number of carbonyl (C=O) groups excluding carboxylic acids is 2. The SMILES string of the molecule is CN(CCOc1ccc(Cl)cc1Nc1nccc(-c2cc(C#N)c3c(c2)C(C)(C)CN3[B]C=O)n1)C(=O)OC(C)(C)C. The number of carbonyl (C=O) groups is 2. The van der Waals surface area contributed by atoms with Crippen LogP contribution in [0.1, 0.15) is 45.7 Å². The maximum atomic E-state index is 12.3. The molecule has 0 aliphatic carbocycles. The third-order valence-electron chi connectivity index (χ3n) is 6.58. The molecule has 10 nitrogen and oxygen atoms in total. The third-order valence-corrected chi connectivity index (χ3v) is 6.82. The molecule has 12 heteroatoms. The second-order valence-corrected chi connectivity index (χ2v) is 12.0. The van der Waals surface area contributed by atoms with Gasteiger partial charge in [-0.1, -0.05) is 25.4 Å². The molecule has 1 aliphatic rings. The highest BCUT2D eigenvalue weighted by molar-refractivity contribution is 6.70. The van der Waals surface area contributed by atoms with Crippen molar-refractivity contribution >= 4 is 48.6 Å². The van der Waals surface area contributed by atoms with Crippen molar-refractivity contribution in [3.8, 4) is 23.1 Å². The molecule has 1 N–H and O–H groups in total. The molecule has 0 unspecified atom stereocenters. The van der Waals surface area contributed by atoms with E-state index in [-0.39, 0.29) is 12.0 Å². The van der Waals surface area contributed by atoms with Gasteiger partial charge in [-0.15, -0.1) is 0 Å². The summed E-state index contributed by atoms with van der Waals surface area (Å²) in [7, 11) is 3.11. The summed E-state index contributed by atoms with van der Waals surface area (Å²) in [5.74, 6) is 0.809. The first-order valence-corrected chi connectivity index (χ1v) is 13.8. The number of likely N-dealkylation sites (N-methyl/N-ethyl adjacent to an activating group) is 1. The Morgan fingerprint density at radius 1 is 1.29 bits per heavy atom. The standard InChI is InChI=1S/C30H33BClN6O4/c1-29(2,3)42-28(40)37(6)11-12-41-25-8-7-21(32)15-24(25)36-27-34-10-9-23(35-27)19-13-20(16-33)26-22(14-19)30(4,5)17-38(26)31-18-39/h7-10,13-15,18H,11-12,17H2,1-6H3,(H,34,35,36). The Balaban J connectivity index is 1.55. The van der Waals surface area contributed by atoms with Gasteiger partial charge in [0.05, 0.1) is 23.5 Å². The molecule has 2 heterocycles. The lowest BCUT2D eigenvalue weighted by Crippen LogP contribution is -2.36. The van der Waals surface area contributed by atoms with Gasteiger partial charge in [-0.05, 0) is 62.7 Å². The van der Waals surface area contributed by atoms with Gasteiger partial charge in [0.25, 0.3) is 0 Å². The van der Waals surface area contributed by atoms with Gasteiger partial charge in [-0.3, -0.25) is 0 Å². The summed E-state index contributed by atoms with van der Waals surface area (Å²) >= 11 is 6.28. The number of hydrogen-bond acceptors (Lipinski definition) is 9. The van der Waals surface area contributed by atoms with Crippen LogP contribution in [0.2, 0.25) is 5.02 Å². The van der Waals surface area contributed by atoms with Crippen molar-refractivity contribution in [2.75, 3.05) is 36.9 Å². The fourth-order valence-corrected chi connectivity index (χ4v) is 4.81. The molecule has 1 aliphatic heterocycles. The molecule has 42 heavy (non-hydrogen) atoms. The van der Waals surface area contributed by atoms with Gasteiger partial charge in [-0.25, -0.2) is 14.8 Å². The number of hydrogen-bond donors (Lipinski definition) is 1. The fourth-order valence-electron chi connectivity index (χ4n) is 4.63. The highest BCUT2D eigenvalue weighted by Crippen LogP contribution is 2.44. The average molecular weight is 588 g/mol. The second kappa shape index (κ2) is 12.3. The maximum absolute atomic E-state index is 12.3. The van der Waals surface area contributed by atoms with Gasteiger partial charge >= 0.3 is 13.5 Å². The molecule has 0 spiro atoms. The maximum Gasteiger partial charge on any atom is 0.410 e. The van der Waals surface area contributed by atoms with E-state index >= 15 is 0 Å². The van der Waals surface area contributed by atoms with Crippen LogP contribution in [0.25, 0.3) is 11.3 Å². The average Bonchev–Trinajstić information content (AvgIpc) is 3.18. The van der Waals surface area contributed by atoms with Crippen molar-refractivity contribution in [2.24, 2.45) is 0 Å². The van der Waals surface area contributed by atoms with E-state index in [0.29, 0.717) is 46.8 Å². The monoisotopic (exact) mass is 587 g/mol. The Morgan fingerprint density at radius 3 is 2.74 bits per heavy atom. The summed E-state index contributed by atoms with van der Waals surface area (Å²) in [6.45, 7) is 10.7. The van der Waals surface area contributed by atoms with Crippen LogP contribution >= 0.6 is 11.6 Å². The first kappa shape index (κ1) is 30.7. The van der Waals surface area contributed by atoms with E-state index in [0.717, 1.165) is 23.0 Å². The summed E-state index contributed by atoms with van der Waals surface area (Å²) in [6, 6.07) is 13.0. The molecule has 0 atom stereocenters. The second-order valence-electron chi connectivity index (χ2n) is 11.6. The minimum atomic E-state index is -0.588. The lowest BCUT2D eigenvalue weighted by atomic mass is 9.84. The molecule has 1 radical (unpaired) electrons. The van der Waals surface area contributed by atoms with Gasteiger partial charge in [0.2, 0.25) is 5.95 Å². The van der Waals surface area contributed by atoms with Crippen LogP contribution in [0.5, 0.6) is 5.75 Å². The third kappa shape index (κ3) is 7.12. The quantitative estimate of drug-likeness (QED) is 0.253. The van der Waals surface area contributed by atoms with Crippen molar-refractivity contribution in [3.05, 3.63) is 58.7 Å². The topological polar surface area (TPSA) is 121 Å². The Bertz CT molecular complexity index is 1540. The molecule has 0 fully saturated rings. The van der Waals surface area contributed by atoms with Crippen LogP contribution in [0.4, 0.5) is 22.1 Å². The molecule has 4 rings (SSSR count). The van der Waals surface area contributed by atoms with E-state index < -0.39 is 11.7 Å². The van der Waals surface area contributed by atoms with E-state index in [1.807, 2.05) is 31.6 Å². The zero-order valence-corrected chi connectivity index (χ0v) is 25.3. The smallest absolute Gasteiger partial charge is 0.410 e. The van der Waals surface area contributed by atoms with Gasteiger partial charge < -0.3 is 29.3 Å². The van der Waals surface area contributed by atoms with Crippen molar-refractivity contribution in [1.82, 2.24) is 14.9 Å². The Morgan fingerprint density at radius 2 is 2.05 bits per heavy atom. The Kier molecular flexibility index (Phi) is 8.97. The number of nitrogens with one attached hydrogen (secondary N) is 1. The van der Waals surface area contributed by atoms with Crippen LogP contribution in [-0.4, -0.2) is 66.9 Å². The normalized spacial score (nSPS) is 13.5. The van der Waals surface area contributed by atoms with E-state index in [4.69, 9.17) is 26.1 Å². The minimum Gasteiger partial charge on any atom is -0.490 e. The van der Waals surface area contributed by atoms with Gasteiger partial charge in [0.1, 0.15) is 30.2 Å². The summed E-state index contributed by atoms with van der Waals surface area (Å²) in [4.78, 5) is 35.8. The van der Waals surface area contributed by atoms with Crippen LogP contribution in [0.3, 0.4) is 0 Å². The van der Waals surface area contributed by atoms with Gasteiger partial charge in [-0.2, -0.15) is 5.26 Å². The summed E-state index contributed by atoms with van der Waals surface area (Å²) in [6.07, 6.45) is 1.92. The van der Waals surface area contributed by atoms with Crippen LogP contribution in [-0.2, 0) is 14.9 Å². The van der Waals surface area contributed by atoms with Crippen LogP contribution in [0, 0.1) is 11.3 Å². The summed E-state index contributed by atoms with van der Waals surface area (Å²) < 4.78 is 11.4. The molecule has 0 saturated heterocycles. The van der Waals surface area contributed by atoms with Gasteiger partial charge in [0.15, 0.2) is 0 Å². The largest absolute Gasteiger partial charge is 0.490 e. The highest BCUT2D eigenvalue weighted by Gasteiger charge is 2.37. The van der Waals surface area contributed by atoms with E-state index in [2.05, 4.69) is 30.2 Å². The molecule has 217 valence electrons. The number of aromatic nitrogens is 2. The van der Waals surface area contributed by atoms with Crippen molar-refractivity contribution < 1.29 is 19.1 Å². The van der Waals surface area contributed by atoms with E-state index in [9.17, 15) is 14.9 Å². The molecule has 1 amide bonds. The summed E-state index contributed by atoms with van der Waals surface area (Å²) in [5.41, 5.74) is 3.21. The van der Waals surface area contributed by atoms with Gasteiger partial charge in [0, 0.05) is 41.5 Å². The lowest BCUT2D eigenvalue weighted by molar-refractivity contribution is 0.0278. The number of halogens is 1. The summed E-state index contributed by atoms with van der Waals surface area (Å²) in [5, 5.41) is 13.6. The number of rotatable bonds is 9.